The van der Waals surface area contributed by atoms with E-state index >= 15 is 0 Å². The lowest BCUT2D eigenvalue weighted by molar-refractivity contribution is 0.219. The van der Waals surface area contributed by atoms with Gasteiger partial charge in [-0.3, -0.25) is 0 Å². The van der Waals surface area contributed by atoms with Crippen LogP contribution in [-0.4, -0.2) is 25.0 Å². The van der Waals surface area contributed by atoms with Crippen LogP contribution >= 0.6 is 0 Å². The topological polar surface area (TPSA) is 29.3 Å². The molecule has 0 spiro atoms. The Labute approximate surface area is 152 Å². The predicted molar refractivity (Wildman–Crippen MR) is 107 cm³/mol. The zero-order valence-electron chi connectivity index (χ0n) is 14.9. The number of anilines is 1. The molecule has 2 aromatic rings. The van der Waals surface area contributed by atoms with E-state index in [1.807, 2.05) is 18.2 Å². The van der Waals surface area contributed by atoms with Gasteiger partial charge in [0.1, 0.15) is 0 Å². The van der Waals surface area contributed by atoms with Gasteiger partial charge in [-0.25, -0.2) is 0 Å². The first-order valence-corrected chi connectivity index (χ1v) is 8.67. The van der Waals surface area contributed by atoms with Crippen LogP contribution in [0.2, 0.25) is 0 Å². The summed E-state index contributed by atoms with van der Waals surface area (Å²) in [5, 5.41) is 0. The SMILES string of the molecule is C#Cc1cccc(CC2CCN(C)CC2)c1.C#Cc1cccc(N)c1. The molecule has 0 radical (unpaired) electrons. The van der Waals surface area contributed by atoms with E-state index in [2.05, 4.69) is 42.0 Å². The second-order valence-electron chi connectivity index (χ2n) is 6.57. The molecule has 2 nitrogen and oxygen atoms in total. The Bertz CT molecular complexity index is 756. The smallest absolute Gasteiger partial charge is 0.0326 e. The van der Waals surface area contributed by atoms with Gasteiger partial charge in [0, 0.05) is 16.8 Å². The summed E-state index contributed by atoms with van der Waals surface area (Å²) in [6, 6.07) is 15.7. The highest BCUT2D eigenvalue weighted by Crippen LogP contribution is 2.21. The second kappa shape index (κ2) is 9.58. The molecule has 1 heterocycles. The molecule has 1 fully saturated rings. The standard InChI is InChI=1S/C15H19N.C8H7N/c1-3-13-5-4-6-15(11-13)12-14-7-9-16(2)10-8-14;1-2-7-4-3-5-8(9)6-7/h1,4-6,11,14H,7-10,12H2,2H3;1,3-6H,9H2. The van der Waals surface area contributed by atoms with Gasteiger partial charge < -0.3 is 10.6 Å². The maximum Gasteiger partial charge on any atom is 0.0326 e. The van der Waals surface area contributed by atoms with Gasteiger partial charge in [0.2, 0.25) is 0 Å². The molecule has 0 amide bonds. The van der Waals surface area contributed by atoms with E-state index in [0.29, 0.717) is 5.69 Å². The van der Waals surface area contributed by atoms with Crippen LogP contribution in [-0.2, 0) is 6.42 Å². The first-order chi connectivity index (χ1) is 12.1. The van der Waals surface area contributed by atoms with Crippen LogP contribution in [0.5, 0.6) is 0 Å². The van der Waals surface area contributed by atoms with Crippen molar-refractivity contribution in [3.8, 4) is 24.7 Å². The van der Waals surface area contributed by atoms with Crippen LogP contribution in [0.4, 0.5) is 5.69 Å². The number of terminal acetylenes is 2. The van der Waals surface area contributed by atoms with Gasteiger partial charge in [-0.2, -0.15) is 0 Å². The highest BCUT2D eigenvalue weighted by atomic mass is 15.1. The van der Waals surface area contributed by atoms with Crippen molar-refractivity contribution < 1.29 is 0 Å². The van der Waals surface area contributed by atoms with Crippen molar-refractivity contribution in [2.45, 2.75) is 19.3 Å². The summed E-state index contributed by atoms with van der Waals surface area (Å²) in [6.45, 7) is 2.47. The molecule has 1 saturated heterocycles. The van der Waals surface area contributed by atoms with Crippen molar-refractivity contribution in [3.05, 3.63) is 65.2 Å². The number of rotatable bonds is 2. The Morgan fingerprint density at radius 2 is 1.60 bits per heavy atom. The fourth-order valence-electron chi connectivity index (χ4n) is 3.02. The van der Waals surface area contributed by atoms with Gasteiger partial charge in [0.25, 0.3) is 0 Å². The summed E-state index contributed by atoms with van der Waals surface area (Å²) in [6.07, 6.45) is 14.3. The third kappa shape index (κ3) is 6.38. The molecule has 1 aliphatic rings. The number of piperidine rings is 1. The maximum absolute atomic E-state index is 5.44. The van der Waals surface area contributed by atoms with E-state index < -0.39 is 0 Å². The van der Waals surface area contributed by atoms with Crippen LogP contribution in [0.1, 0.15) is 29.5 Å². The molecular weight excluding hydrogens is 304 g/mol. The van der Waals surface area contributed by atoms with E-state index in [1.165, 1.54) is 37.9 Å². The third-order valence-electron chi connectivity index (χ3n) is 4.51. The van der Waals surface area contributed by atoms with Crippen LogP contribution in [0, 0.1) is 30.6 Å². The number of hydrogen-bond acceptors (Lipinski definition) is 2. The van der Waals surface area contributed by atoms with Crippen LogP contribution < -0.4 is 5.73 Å². The van der Waals surface area contributed by atoms with E-state index in [-0.39, 0.29) is 0 Å². The molecule has 3 rings (SSSR count). The highest BCUT2D eigenvalue weighted by Gasteiger charge is 2.16. The van der Waals surface area contributed by atoms with Gasteiger partial charge in [-0.15, -0.1) is 12.8 Å². The number of benzene rings is 2. The van der Waals surface area contributed by atoms with E-state index in [0.717, 1.165) is 17.0 Å². The normalized spacial score (nSPS) is 14.7. The summed E-state index contributed by atoms with van der Waals surface area (Å²) in [5.41, 5.74) is 9.38. The van der Waals surface area contributed by atoms with E-state index in [4.69, 9.17) is 18.6 Å². The molecule has 2 N–H and O–H groups in total. The summed E-state index contributed by atoms with van der Waals surface area (Å²) in [4.78, 5) is 2.41. The molecule has 0 bridgehead atoms. The van der Waals surface area contributed by atoms with Crippen molar-refractivity contribution >= 4 is 5.69 Å². The van der Waals surface area contributed by atoms with Gasteiger partial charge in [0.05, 0.1) is 0 Å². The minimum atomic E-state index is 0.713. The number of hydrogen-bond donors (Lipinski definition) is 1. The molecule has 0 unspecified atom stereocenters. The lowest BCUT2D eigenvalue weighted by Gasteiger charge is -2.28. The van der Waals surface area contributed by atoms with Crippen molar-refractivity contribution in [3.63, 3.8) is 0 Å². The zero-order chi connectivity index (χ0) is 18.1. The Morgan fingerprint density at radius 3 is 2.16 bits per heavy atom. The number of likely N-dealkylation sites (tertiary alicyclic amines) is 1. The predicted octanol–water partition coefficient (Wildman–Crippen LogP) is 3.80. The highest BCUT2D eigenvalue weighted by molar-refractivity contribution is 5.46. The molecule has 0 aliphatic carbocycles. The first-order valence-electron chi connectivity index (χ1n) is 8.67. The summed E-state index contributed by atoms with van der Waals surface area (Å²) >= 11 is 0. The van der Waals surface area contributed by atoms with Gasteiger partial charge in [0.15, 0.2) is 0 Å². The van der Waals surface area contributed by atoms with Gasteiger partial charge in [-0.05, 0) is 81.2 Å². The van der Waals surface area contributed by atoms with Gasteiger partial charge in [-0.1, -0.05) is 30.0 Å². The lowest BCUT2D eigenvalue weighted by Crippen LogP contribution is -2.30. The molecule has 25 heavy (non-hydrogen) atoms. The Balaban J connectivity index is 0.000000212. The summed E-state index contributed by atoms with van der Waals surface area (Å²) < 4.78 is 0. The number of nitrogen functional groups attached to an aromatic ring is 1. The minimum Gasteiger partial charge on any atom is -0.399 e. The van der Waals surface area contributed by atoms with Gasteiger partial charge >= 0.3 is 0 Å². The maximum atomic E-state index is 5.44. The number of nitrogens with zero attached hydrogens (tertiary/aromatic N) is 1. The second-order valence-corrected chi connectivity index (χ2v) is 6.57. The molecule has 0 saturated carbocycles. The Kier molecular flexibility index (Phi) is 7.15. The Morgan fingerprint density at radius 1 is 1.00 bits per heavy atom. The van der Waals surface area contributed by atoms with Crippen molar-refractivity contribution in [1.82, 2.24) is 4.90 Å². The quantitative estimate of drug-likeness (QED) is 0.670. The van der Waals surface area contributed by atoms with Crippen LogP contribution in [0.15, 0.2) is 48.5 Å². The van der Waals surface area contributed by atoms with Crippen LogP contribution in [0.25, 0.3) is 0 Å². The van der Waals surface area contributed by atoms with Crippen molar-refractivity contribution in [2.24, 2.45) is 5.92 Å². The molecule has 1 aliphatic heterocycles. The zero-order valence-corrected chi connectivity index (χ0v) is 14.9. The molecule has 2 heteroatoms. The van der Waals surface area contributed by atoms with Crippen molar-refractivity contribution in [2.75, 3.05) is 25.9 Å². The summed E-state index contributed by atoms with van der Waals surface area (Å²) in [5.74, 6) is 6.03. The summed E-state index contributed by atoms with van der Waals surface area (Å²) in [7, 11) is 2.20. The molecule has 2 aromatic carbocycles. The Hall–Kier alpha value is -2.68. The fourth-order valence-corrected chi connectivity index (χ4v) is 3.02. The van der Waals surface area contributed by atoms with Crippen molar-refractivity contribution in [1.29, 1.82) is 0 Å². The monoisotopic (exact) mass is 330 g/mol. The lowest BCUT2D eigenvalue weighted by atomic mass is 9.90. The minimum absolute atomic E-state index is 0.713. The third-order valence-corrected chi connectivity index (χ3v) is 4.51. The average Bonchev–Trinajstić information content (AvgIpc) is 2.64. The first kappa shape index (κ1) is 18.7. The van der Waals surface area contributed by atoms with E-state index in [9.17, 15) is 0 Å². The number of nitrogens with two attached hydrogens (primary N) is 1. The molecule has 0 atom stereocenters. The fraction of sp³-hybridized carbons (Fsp3) is 0.304. The molecular formula is C23H26N2. The van der Waals surface area contributed by atoms with E-state index in [1.54, 1.807) is 12.1 Å². The molecule has 0 aromatic heterocycles. The average molecular weight is 330 g/mol. The van der Waals surface area contributed by atoms with Crippen LogP contribution in [0.3, 0.4) is 0 Å². The molecule has 128 valence electrons. The largest absolute Gasteiger partial charge is 0.399 e.